The van der Waals surface area contributed by atoms with Crippen molar-refractivity contribution in [3.8, 4) is 0 Å². The predicted octanol–water partition coefficient (Wildman–Crippen LogP) is 2.33. The minimum Gasteiger partial charge on any atom is -0.355 e. The molecule has 124 valence electrons. The van der Waals surface area contributed by atoms with Crippen LogP contribution in [0.3, 0.4) is 0 Å². The molecule has 0 radical (unpaired) electrons. The van der Waals surface area contributed by atoms with Crippen molar-refractivity contribution in [3.05, 3.63) is 71.3 Å². The van der Waals surface area contributed by atoms with Gasteiger partial charge in [0.15, 0.2) is 5.78 Å². The molecule has 0 atom stereocenters. The number of rotatable bonds is 7. The number of ketones is 1. The lowest BCUT2D eigenvalue weighted by atomic mass is 10.1. The SMILES string of the molecule is CNC(=O)c1ccc(CNC(=O)CCC(=O)c2ccccc2)cc1. The Morgan fingerprint density at radius 3 is 2.12 bits per heavy atom. The Labute approximate surface area is 141 Å². The number of amides is 2. The van der Waals surface area contributed by atoms with Crippen molar-refractivity contribution in [1.29, 1.82) is 0 Å². The standard InChI is InChI=1S/C19H20N2O3/c1-20-19(24)16-9-7-14(8-10-16)13-21-18(23)12-11-17(22)15-5-3-2-4-6-15/h2-10H,11-13H2,1H3,(H,20,24)(H,21,23). The van der Waals surface area contributed by atoms with E-state index in [1.807, 2.05) is 6.07 Å². The maximum absolute atomic E-state index is 11.9. The summed E-state index contributed by atoms with van der Waals surface area (Å²) in [6.07, 6.45) is 0.343. The van der Waals surface area contributed by atoms with Gasteiger partial charge in [-0.05, 0) is 17.7 Å². The molecular formula is C19H20N2O3. The number of carbonyl (C=O) groups is 3. The molecule has 0 bridgehead atoms. The van der Waals surface area contributed by atoms with E-state index in [1.54, 1.807) is 55.6 Å². The molecule has 0 aliphatic heterocycles. The second-order valence-electron chi connectivity index (χ2n) is 5.34. The third-order valence-corrected chi connectivity index (χ3v) is 3.61. The zero-order valence-corrected chi connectivity index (χ0v) is 13.5. The average molecular weight is 324 g/mol. The maximum atomic E-state index is 11.9. The molecule has 24 heavy (non-hydrogen) atoms. The lowest BCUT2D eigenvalue weighted by molar-refractivity contribution is -0.121. The van der Waals surface area contributed by atoms with Gasteiger partial charge in [0.05, 0.1) is 0 Å². The van der Waals surface area contributed by atoms with Crippen LogP contribution in [0.5, 0.6) is 0 Å². The minimum atomic E-state index is -0.172. The van der Waals surface area contributed by atoms with Crippen LogP contribution in [0.25, 0.3) is 0 Å². The van der Waals surface area contributed by atoms with Crippen LogP contribution in [0.1, 0.15) is 39.1 Å². The quantitative estimate of drug-likeness (QED) is 0.768. The number of hydrogen-bond donors (Lipinski definition) is 2. The van der Waals surface area contributed by atoms with Crippen LogP contribution in [0.2, 0.25) is 0 Å². The van der Waals surface area contributed by atoms with Gasteiger partial charge < -0.3 is 10.6 Å². The molecule has 2 amide bonds. The Balaban J connectivity index is 1.77. The van der Waals surface area contributed by atoms with E-state index >= 15 is 0 Å². The highest BCUT2D eigenvalue weighted by molar-refractivity contribution is 5.97. The molecular weight excluding hydrogens is 304 g/mol. The lowest BCUT2D eigenvalue weighted by Crippen LogP contribution is -2.23. The van der Waals surface area contributed by atoms with Crippen LogP contribution in [0, 0.1) is 0 Å². The third kappa shape index (κ3) is 5.05. The van der Waals surface area contributed by atoms with Crippen LogP contribution in [-0.2, 0) is 11.3 Å². The van der Waals surface area contributed by atoms with Gasteiger partial charge in [-0.2, -0.15) is 0 Å². The number of nitrogens with one attached hydrogen (secondary N) is 2. The zero-order chi connectivity index (χ0) is 17.4. The summed E-state index contributed by atoms with van der Waals surface area (Å²) in [6, 6.07) is 15.9. The highest BCUT2D eigenvalue weighted by Crippen LogP contribution is 2.06. The summed E-state index contributed by atoms with van der Waals surface area (Å²) in [5, 5.41) is 5.33. The fourth-order valence-electron chi connectivity index (χ4n) is 2.20. The summed E-state index contributed by atoms with van der Waals surface area (Å²) in [5.41, 5.74) is 2.08. The smallest absolute Gasteiger partial charge is 0.251 e. The first kappa shape index (κ1) is 17.4. The minimum absolute atomic E-state index is 0.0410. The third-order valence-electron chi connectivity index (χ3n) is 3.61. The highest BCUT2D eigenvalue weighted by atomic mass is 16.2. The second kappa shape index (κ2) is 8.62. The largest absolute Gasteiger partial charge is 0.355 e. The summed E-state index contributed by atoms with van der Waals surface area (Å²) in [6.45, 7) is 0.367. The van der Waals surface area contributed by atoms with E-state index in [2.05, 4.69) is 10.6 Å². The van der Waals surface area contributed by atoms with E-state index in [0.717, 1.165) is 5.56 Å². The first-order valence-corrected chi connectivity index (χ1v) is 7.76. The van der Waals surface area contributed by atoms with Crippen LogP contribution in [0.4, 0.5) is 0 Å². The van der Waals surface area contributed by atoms with Gasteiger partial charge in [0.2, 0.25) is 5.91 Å². The molecule has 2 rings (SSSR count). The van der Waals surface area contributed by atoms with Crippen molar-refractivity contribution < 1.29 is 14.4 Å². The summed E-state index contributed by atoms with van der Waals surface area (Å²) in [5.74, 6) is -0.361. The number of hydrogen-bond acceptors (Lipinski definition) is 3. The van der Waals surface area contributed by atoms with Gasteiger partial charge in [0.25, 0.3) is 5.91 Å². The molecule has 0 aliphatic carbocycles. The topological polar surface area (TPSA) is 75.3 Å². The molecule has 0 saturated heterocycles. The van der Waals surface area contributed by atoms with Gasteiger partial charge in [-0.15, -0.1) is 0 Å². The Bertz CT molecular complexity index is 709. The summed E-state index contributed by atoms with van der Waals surface area (Å²) in [4.78, 5) is 35.2. The molecule has 2 aromatic rings. The Kier molecular flexibility index (Phi) is 6.25. The van der Waals surface area contributed by atoms with Crippen molar-refractivity contribution >= 4 is 17.6 Å². The van der Waals surface area contributed by atoms with Crippen LogP contribution < -0.4 is 10.6 Å². The number of Topliss-reactive ketones (excluding diaryl/α,β-unsaturated/α-hetero) is 1. The Hall–Kier alpha value is -2.95. The second-order valence-corrected chi connectivity index (χ2v) is 5.34. The first-order chi connectivity index (χ1) is 11.6. The Morgan fingerprint density at radius 2 is 1.50 bits per heavy atom. The van der Waals surface area contributed by atoms with Crippen molar-refractivity contribution in [3.63, 3.8) is 0 Å². The van der Waals surface area contributed by atoms with Gasteiger partial charge in [0.1, 0.15) is 0 Å². The fraction of sp³-hybridized carbons (Fsp3) is 0.211. The predicted molar refractivity (Wildman–Crippen MR) is 91.7 cm³/mol. The van der Waals surface area contributed by atoms with Gasteiger partial charge in [-0.25, -0.2) is 0 Å². The molecule has 5 nitrogen and oxygen atoms in total. The van der Waals surface area contributed by atoms with Crippen molar-refractivity contribution in [1.82, 2.24) is 10.6 Å². The van der Waals surface area contributed by atoms with Crippen LogP contribution in [-0.4, -0.2) is 24.6 Å². The fourth-order valence-corrected chi connectivity index (χ4v) is 2.20. The summed E-state index contributed by atoms with van der Waals surface area (Å²) < 4.78 is 0. The Morgan fingerprint density at radius 1 is 0.833 bits per heavy atom. The molecule has 0 fully saturated rings. The van der Waals surface area contributed by atoms with Crippen LogP contribution >= 0.6 is 0 Å². The molecule has 0 aliphatic rings. The van der Waals surface area contributed by atoms with Crippen LogP contribution in [0.15, 0.2) is 54.6 Å². The lowest BCUT2D eigenvalue weighted by Gasteiger charge is -2.06. The molecule has 0 unspecified atom stereocenters. The molecule has 2 N–H and O–H groups in total. The number of carbonyl (C=O) groups excluding carboxylic acids is 3. The first-order valence-electron chi connectivity index (χ1n) is 7.76. The highest BCUT2D eigenvalue weighted by Gasteiger charge is 2.09. The molecule has 0 aromatic heterocycles. The number of benzene rings is 2. The molecule has 0 saturated carbocycles. The van der Waals surface area contributed by atoms with E-state index in [-0.39, 0.29) is 30.4 Å². The maximum Gasteiger partial charge on any atom is 0.251 e. The summed E-state index contributed by atoms with van der Waals surface area (Å²) >= 11 is 0. The van der Waals surface area contributed by atoms with Crippen molar-refractivity contribution in [2.75, 3.05) is 7.05 Å². The van der Waals surface area contributed by atoms with Gasteiger partial charge in [0, 0.05) is 37.6 Å². The monoisotopic (exact) mass is 324 g/mol. The van der Waals surface area contributed by atoms with Gasteiger partial charge in [-0.1, -0.05) is 42.5 Å². The zero-order valence-electron chi connectivity index (χ0n) is 13.5. The van der Waals surface area contributed by atoms with E-state index in [0.29, 0.717) is 17.7 Å². The van der Waals surface area contributed by atoms with E-state index in [4.69, 9.17) is 0 Å². The average Bonchev–Trinajstić information content (AvgIpc) is 2.64. The molecule has 5 heteroatoms. The molecule has 0 spiro atoms. The van der Waals surface area contributed by atoms with Gasteiger partial charge >= 0.3 is 0 Å². The molecule has 2 aromatic carbocycles. The molecule has 0 heterocycles. The normalized spacial score (nSPS) is 10.0. The van der Waals surface area contributed by atoms with E-state index < -0.39 is 0 Å². The summed E-state index contributed by atoms with van der Waals surface area (Å²) in [7, 11) is 1.58. The van der Waals surface area contributed by atoms with E-state index in [1.165, 1.54) is 0 Å². The van der Waals surface area contributed by atoms with Gasteiger partial charge in [-0.3, -0.25) is 14.4 Å². The van der Waals surface area contributed by atoms with Crippen molar-refractivity contribution in [2.24, 2.45) is 0 Å². The van der Waals surface area contributed by atoms with E-state index in [9.17, 15) is 14.4 Å². The van der Waals surface area contributed by atoms with Crippen molar-refractivity contribution in [2.45, 2.75) is 19.4 Å².